The van der Waals surface area contributed by atoms with Gasteiger partial charge in [-0.25, -0.2) is 0 Å². The molecule has 1 saturated heterocycles. The third-order valence-corrected chi connectivity index (χ3v) is 1.49. The quantitative estimate of drug-likeness (QED) is 0.534. The molecule has 0 aromatic carbocycles. The number of piperidine rings is 1. The Kier molecular flexibility index (Phi) is 7.15. The third-order valence-electron chi connectivity index (χ3n) is 1.49. The summed E-state index contributed by atoms with van der Waals surface area (Å²) in [5.74, 6) is -0.245. The zero-order chi connectivity index (χ0) is 8.53. The van der Waals surface area contributed by atoms with Gasteiger partial charge in [-0.1, -0.05) is 6.42 Å². The maximum absolute atomic E-state index is 9.59. The van der Waals surface area contributed by atoms with Gasteiger partial charge in [-0.15, -0.1) is 0 Å². The van der Waals surface area contributed by atoms with Crippen LogP contribution in [0.1, 0.15) is 26.2 Å². The molecule has 0 aromatic rings. The minimum Gasteiger partial charge on any atom is -0.469 e. The van der Waals surface area contributed by atoms with Gasteiger partial charge in [0.15, 0.2) is 0 Å². The summed E-state index contributed by atoms with van der Waals surface area (Å²) in [6, 6.07) is 0. The number of esters is 1. The van der Waals surface area contributed by atoms with Gasteiger partial charge < -0.3 is 10.1 Å². The van der Waals surface area contributed by atoms with Gasteiger partial charge in [-0.3, -0.25) is 4.79 Å². The summed E-state index contributed by atoms with van der Waals surface area (Å²) in [5.41, 5.74) is 0. The van der Waals surface area contributed by atoms with Crippen molar-refractivity contribution in [3.63, 3.8) is 0 Å². The Morgan fingerprint density at radius 3 is 1.82 bits per heavy atom. The van der Waals surface area contributed by atoms with E-state index >= 15 is 0 Å². The summed E-state index contributed by atoms with van der Waals surface area (Å²) in [7, 11) is 1.35. The second kappa shape index (κ2) is 7.54. The van der Waals surface area contributed by atoms with Gasteiger partial charge in [0.05, 0.1) is 7.11 Å². The Labute approximate surface area is 68.1 Å². The summed E-state index contributed by atoms with van der Waals surface area (Å²) in [6.07, 6.45) is 4.22. The first-order chi connectivity index (χ1) is 5.27. The second-order valence-electron chi connectivity index (χ2n) is 2.51. The molecule has 0 unspecified atom stereocenters. The van der Waals surface area contributed by atoms with E-state index in [-0.39, 0.29) is 5.97 Å². The third kappa shape index (κ3) is 9.43. The van der Waals surface area contributed by atoms with Crippen LogP contribution in [0.15, 0.2) is 0 Å². The predicted octanol–water partition coefficient (Wildman–Crippen LogP) is 0.939. The van der Waals surface area contributed by atoms with Crippen molar-refractivity contribution >= 4 is 5.97 Å². The minimum atomic E-state index is -0.245. The zero-order valence-corrected chi connectivity index (χ0v) is 7.35. The van der Waals surface area contributed by atoms with Gasteiger partial charge in [-0.05, 0) is 25.9 Å². The van der Waals surface area contributed by atoms with E-state index < -0.39 is 0 Å². The molecule has 1 rings (SSSR count). The van der Waals surface area contributed by atoms with E-state index in [4.69, 9.17) is 0 Å². The van der Waals surface area contributed by atoms with E-state index in [0.29, 0.717) is 0 Å². The van der Waals surface area contributed by atoms with Crippen molar-refractivity contribution in [2.75, 3.05) is 20.2 Å². The molecule has 11 heavy (non-hydrogen) atoms. The fraction of sp³-hybridized carbons (Fsp3) is 0.875. The molecule has 0 atom stereocenters. The highest BCUT2D eigenvalue weighted by molar-refractivity contribution is 5.65. The SMILES string of the molecule is C1CCNCC1.COC(C)=O. The Morgan fingerprint density at radius 2 is 1.73 bits per heavy atom. The van der Waals surface area contributed by atoms with E-state index in [1.165, 1.54) is 46.4 Å². The van der Waals surface area contributed by atoms with Crippen molar-refractivity contribution in [1.29, 1.82) is 0 Å². The van der Waals surface area contributed by atoms with Gasteiger partial charge in [-0.2, -0.15) is 0 Å². The van der Waals surface area contributed by atoms with Crippen LogP contribution >= 0.6 is 0 Å². The van der Waals surface area contributed by atoms with Crippen LogP contribution < -0.4 is 5.32 Å². The van der Waals surface area contributed by atoms with Crippen molar-refractivity contribution in [3.05, 3.63) is 0 Å². The molecule has 0 saturated carbocycles. The Balaban J connectivity index is 0.000000187. The highest BCUT2D eigenvalue weighted by atomic mass is 16.5. The van der Waals surface area contributed by atoms with Crippen molar-refractivity contribution in [3.8, 4) is 0 Å². The molecule has 1 fully saturated rings. The number of ether oxygens (including phenoxy) is 1. The number of carbonyl (C=O) groups is 1. The lowest BCUT2D eigenvalue weighted by Crippen LogP contribution is -2.21. The molecule has 0 aliphatic carbocycles. The number of nitrogens with one attached hydrogen (secondary N) is 1. The lowest BCUT2D eigenvalue weighted by molar-refractivity contribution is -0.137. The van der Waals surface area contributed by atoms with E-state index in [1.807, 2.05) is 0 Å². The Hall–Kier alpha value is -0.570. The van der Waals surface area contributed by atoms with Crippen LogP contribution in [0.3, 0.4) is 0 Å². The predicted molar refractivity (Wildman–Crippen MR) is 44.4 cm³/mol. The molecule has 1 heterocycles. The summed E-state index contributed by atoms with van der Waals surface area (Å²) in [6.45, 7) is 3.86. The van der Waals surface area contributed by atoms with Gasteiger partial charge in [0.25, 0.3) is 0 Å². The molecule has 1 aliphatic heterocycles. The average Bonchev–Trinajstić information content (AvgIpc) is 2.09. The van der Waals surface area contributed by atoms with Gasteiger partial charge in [0, 0.05) is 6.92 Å². The normalized spacial score (nSPS) is 16.2. The number of hydrogen-bond acceptors (Lipinski definition) is 3. The van der Waals surface area contributed by atoms with Crippen molar-refractivity contribution in [2.24, 2.45) is 0 Å². The first-order valence-corrected chi connectivity index (χ1v) is 4.02. The molecule has 3 nitrogen and oxygen atoms in total. The van der Waals surface area contributed by atoms with Gasteiger partial charge >= 0.3 is 5.97 Å². The monoisotopic (exact) mass is 159 g/mol. The summed E-state index contributed by atoms with van der Waals surface area (Å²) in [4.78, 5) is 9.59. The molecule has 1 aliphatic rings. The standard InChI is InChI=1S/C5H11N.C3H6O2/c1-2-4-6-5-3-1;1-3(4)5-2/h6H,1-5H2;1-2H3. The maximum Gasteiger partial charge on any atom is 0.302 e. The summed E-state index contributed by atoms with van der Waals surface area (Å²) < 4.78 is 4.11. The molecule has 3 heteroatoms. The number of carbonyl (C=O) groups excluding carboxylic acids is 1. The molecule has 1 N–H and O–H groups in total. The van der Waals surface area contributed by atoms with Crippen molar-refractivity contribution in [1.82, 2.24) is 5.32 Å². The first kappa shape index (κ1) is 10.4. The topological polar surface area (TPSA) is 38.3 Å². The highest BCUT2D eigenvalue weighted by Gasteiger charge is 1.93. The first-order valence-electron chi connectivity index (χ1n) is 4.02. The molecule has 0 radical (unpaired) electrons. The fourth-order valence-electron chi connectivity index (χ4n) is 0.802. The van der Waals surface area contributed by atoms with Crippen LogP contribution in [0.2, 0.25) is 0 Å². The van der Waals surface area contributed by atoms with Crippen molar-refractivity contribution in [2.45, 2.75) is 26.2 Å². The highest BCUT2D eigenvalue weighted by Crippen LogP contribution is 1.96. The van der Waals surface area contributed by atoms with E-state index in [2.05, 4.69) is 10.1 Å². The zero-order valence-electron chi connectivity index (χ0n) is 7.35. The van der Waals surface area contributed by atoms with Crippen molar-refractivity contribution < 1.29 is 9.53 Å². The Bertz CT molecular complexity index is 88.8. The van der Waals surface area contributed by atoms with Crippen LogP contribution in [0.25, 0.3) is 0 Å². The molecular weight excluding hydrogens is 142 g/mol. The molecule has 0 bridgehead atoms. The molecule has 66 valence electrons. The smallest absolute Gasteiger partial charge is 0.302 e. The van der Waals surface area contributed by atoms with E-state index in [9.17, 15) is 4.79 Å². The summed E-state index contributed by atoms with van der Waals surface area (Å²) in [5, 5.41) is 3.28. The van der Waals surface area contributed by atoms with Gasteiger partial charge in [0.2, 0.25) is 0 Å². The van der Waals surface area contributed by atoms with Crippen LogP contribution in [0.5, 0.6) is 0 Å². The van der Waals surface area contributed by atoms with E-state index in [0.717, 1.165) is 0 Å². The second-order valence-corrected chi connectivity index (χ2v) is 2.51. The minimum absolute atomic E-state index is 0.245. The van der Waals surface area contributed by atoms with Crippen LogP contribution in [-0.4, -0.2) is 26.2 Å². The maximum atomic E-state index is 9.59. The largest absolute Gasteiger partial charge is 0.469 e. The average molecular weight is 159 g/mol. The van der Waals surface area contributed by atoms with Crippen LogP contribution in [0.4, 0.5) is 0 Å². The van der Waals surface area contributed by atoms with Crippen LogP contribution in [-0.2, 0) is 9.53 Å². The number of methoxy groups -OCH3 is 1. The molecule has 0 amide bonds. The molecule has 0 spiro atoms. The van der Waals surface area contributed by atoms with Crippen LogP contribution in [0, 0.1) is 0 Å². The van der Waals surface area contributed by atoms with E-state index in [1.54, 1.807) is 0 Å². The fourth-order valence-corrected chi connectivity index (χ4v) is 0.802. The lowest BCUT2D eigenvalue weighted by atomic mass is 10.2. The lowest BCUT2D eigenvalue weighted by Gasteiger charge is -2.08. The Morgan fingerprint density at radius 1 is 1.27 bits per heavy atom. The molecular formula is C8H17NO2. The summed E-state index contributed by atoms with van der Waals surface area (Å²) >= 11 is 0. The number of hydrogen-bond donors (Lipinski definition) is 1. The molecule has 0 aromatic heterocycles. The van der Waals surface area contributed by atoms with Gasteiger partial charge in [0.1, 0.15) is 0 Å². The number of rotatable bonds is 0.